The van der Waals surface area contributed by atoms with E-state index in [1.807, 2.05) is 0 Å². The van der Waals surface area contributed by atoms with E-state index in [2.05, 4.69) is 24.2 Å². The second kappa shape index (κ2) is 6.75. The third-order valence-electron chi connectivity index (χ3n) is 4.78. The number of piperidine rings is 1. The lowest BCUT2D eigenvalue weighted by Crippen LogP contribution is -2.42. The Morgan fingerprint density at radius 3 is 2.71 bits per heavy atom. The van der Waals surface area contributed by atoms with Crippen LogP contribution in [-0.4, -0.2) is 37.6 Å². The van der Waals surface area contributed by atoms with Crippen molar-refractivity contribution in [1.29, 1.82) is 0 Å². The first-order valence-electron chi connectivity index (χ1n) is 7.69. The van der Waals surface area contributed by atoms with E-state index >= 15 is 0 Å². The second-order valence-electron chi connectivity index (χ2n) is 6.32. The SMILES string of the molecule is CCC1CCCC(NCC2CCCN(C)C2)C1. The Morgan fingerprint density at radius 2 is 1.94 bits per heavy atom. The van der Waals surface area contributed by atoms with Crippen molar-refractivity contribution in [2.24, 2.45) is 11.8 Å². The van der Waals surface area contributed by atoms with Crippen LogP contribution < -0.4 is 5.32 Å². The summed E-state index contributed by atoms with van der Waals surface area (Å²) >= 11 is 0. The molecule has 0 aromatic rings. The first-order chi connectivity index (χ1) is 8.28. The molecule has 2 heteroatoms. The lowest BCUT2D eigenvalue weighted by atomic mass is 9.84. The van der Waals surface area contributed by atoms with Crippen molar-refractivity contribution in [3.63, 3.8) is 0 Å². The average molecular weight is 238 g/mol. The van der Waals surface area contributed by atoms with Gasteiger partial charge >= 0.3 is 0 Å². The summed E-state index contributed by atoms with van der Waals surface area (Å²) in [6, 6.07) is 0.820. The summed E-state index contributed by atoms with van der Waals surface area (Å²) in [6.07, 6.45) is 9.97. The Morgan fingerprint density at radius 1 is 1.12 bits per heavy atom. The smallest absolute Gasteiger partial charge is 0.00698 e. The Balaban J connectivity index is 1.66. The lowest BCUT2D eigenvalue weighted by Gasteiger charge is -2.33. The van der Waals surface area contributed by atoms with E-state index in [1.165, 1.54) is 64.6 Å². The van der Waals surface area contributed by atoms with Gasteiger partial charge in [0.2, 0.25) is 0 Å². The molecule has 3 unspecified atom stereocenters. The summed E-state index contributed by atoms with van der Waals surface area (Å²) in [6.45, 7) is 6.21. The van der Waals surface area contributed by atoms with Crippen LogP contribution >= 0.6 is 0 Å². The molecule has 1 heterocycles. The molecule has 1 saturated carbocycles. The van der Waals surface area contributed by atoms with E-state index < -0.39 is 0 Å². The molecule has 0 aromatic carbocycles. The van der Waals surface area contributed by atoms with Gasteiger partial charge in [0.25, 0.3) is 0 Å². The molecule has 2 aliphatic rings. The molecule has 1 saturated heterocycles. The highest BCUT2D eigenvalue weighted by molar-refractivity contribution is 4.80. The van der Waals surface area contributed by atoms with Gasteiger partial charge in [-0.3, -0.25) is 0 Å². The maximum absolute atomic E-state index is 3.85. The monoisotopic (exact) mass is 238 g/mol. The van der Waals surface area contributed by atoms with Gasteiger partial charge in [-0.25, -0.2) is 0 Å². The first-order valence-corrected chi connectivity index (χ1v) is 7.69. The summed E-state index contributed by atoms with van der Waals surface area (Å²) in [7, 11) is 2.26. The van der Waals surface area contributed by atoms with Crippen LogP contribution in [0, 0.1) is 11.8 Å². The predicted molar refractivity (Wildman–Crippen MR) is 74.3 cm³/mol. The molecule has 17 heavy (non-hydrogen) atoms. The maximum atomic E-state index is 3.85. The number of nitrogens with one attached hydrogen (secondary N) is 1. The fourth-order valence-corrected chi connectivity index (χ4v) is 3.62. The van der Waals surface area contributed by atoms with Crippen LogP contribution in [0.15, 0.2) is 0 Å². The molecular weight excluding hydrogens is 208 g/mol. The normalized spacial score (nSPS) is 36.0. The van der Waals surface area contributed by atoms with E-state index in [1.54, 1.807) is 0 Å². The van der Waals surface area contributed by atoms with Gasteiger partial charge in [-0.05, 0) is 57.7 Å². The number of hydrogen-bond acceptors (Lipinski definition) is 2. The van der Waals surface area contributed by atoms with Crippen LogP contribution in [-0.2, 0) is 0 Å². The van der Waals surface area contributed by atoms with Crippen LogP contribution in [0.3, 0.4) is 0 Å². The van der Waals surface area contributed by atoms with Gasteiger partial charge in [-0.15, -0.1) is 0 Å². The number of rotatable bonds is 4. The summed E-state index contributed by atoms with van der Waals surface area (Å²) < 4.78 is 0. The van der Waals surface area contributed by atoms with Gasteiger partial charge in [-0.2, -0.15) is 0 Å². The van der Waals surface area contributed by atoms with Crippen molar-refractivity contribution in [2.45, 2.75) is 57.9 Å². The maximum Gasteiger partial charge on any atom is 0.00698 e. The van der Waals surface area contributed by atoms with Crippen molar-refractivity contribution in [3.8, 4) is 0 Å². The Labute approximate surface area is 107 Å². The average Bonchev–Trinajstić information content (AvgIpc) is 2.37. The third-order valence-corrected chi connectivity index (χ3v) is 4.78. The quantitative estimate of drug-likeness (QED) is 0.810. The zero-order valence-corrected chi connectivity index (χ0v) is 11.8. The highest BCUT2D eigenvalue weighted by Gasteiger charge is 2.22. The van der Waals surface area contributed by atoms with Crippen LogP contribution in [0.4, 0.5) is 0 Å². The minimum atomic E-state index is 0.820. The van der Waals surface area contributed by atoms with E-state index in [-0.39, 0.29) is 0 Å². The standard InChI is InChI=1S/C15H30N2/c1-3-13-6-4-8-15(10-13)16-11-14-7-5-9-17(2)12-14/h13-16H,3-12H2,1-2H3. The number of likely N-dealkylation sites (tertiary alicyclic amines) is 1. The Kier molecular flexibility index (Phi) is 5.30. The molecule has 0 radical (unpaired) electrons. The molecule has 0 bridgehead atoms. The van der Waals surface area contributed by atoms with Crippen molar-refractivity contribution >= 4 is 0 Å². The second-order valence-corrected chi connectivity index (χ2v) is 6.32. The van der Waals surface area contributed by atoms with Crippen LogP contribution in [0.25, 0.3) is 0 Å². The molecule has 1 aliphatic carbocycles. The van der Waals surface area contributed by atoms with Crippen LogP contribution in [0.2, 0.25) is 0 Å². The molecule has 3 atom stereocenters. The summed E-state index contributed by atoms with van der Waals surface area (Å²) in [4.78, 5) is 2.49. The van der Waals surface area contributed by atoms with Gasteiger partial charge in [0.05, 0.1) is 0 Å². The highest BCUT2D eigenvalue weighted by Crippen LogP contribution is 2.26. The zero-order chi connectivity index (χ0) is 12.1. The minimum Gasteiger partial charge on any atom is -0.314 e. The number of nitrogens with zero attached hydrogens (tertiary/aromatic N) is 1. The lowest BCUT2D eigenvalue weighted by molar-refractivity contribution is 0.193. The molecule has 0 amide bonds. The van der Waals surface area contributed by atoms with E-state index in [4.69, 9.17) is 0 Å². The molecule has 1 N–H and O–H groups in total. The Bertz CT molecular complexity index is 217. The van der Waals surface area contributed by atoms with Gasteiger partial charge in [0.15, 0.2) is 0 Å². The molecule has 0 aromatic heterocycles. The first kappa shape index (κ1) is 13.4. The van der Waals surface area contributed by atoms with Crippen molar-refractivity contribution in [1.82, 2.24) is 10.2 Å². The Hall–Kier alpha value is -0.0800. The summed E-state index contributed by atoms with van der Waals surface area (Å²) in [5, 5.41) is 3.85. The van der Waals surface area contributed by atoms with Crippen molar-refractivity contribution in [2.75, 3.05) is 26.7 Å². The van der Waals surface area contributed by atoms with Gasteiger partial charge in [-0.1, -0.05) is 26.2 Å². The number of hydrogen-bond donors (Lipinski definition) is 1. The van der Waals surface area contributed by atoms with Crippen LogP contribution in [0.5, 0.6) is 0 Å². The topological polar surface area (TPSA) is 15.3 Å². The third kappa shape index (κ3) is 4.26. The molecular formula is C15H30N2. The minimum absolute atomic E-state index is 0.820. The molecule has 100 valence electrons. The van der Waals surface area contributed by atoms with E-state index in [0.717, 1.165) is 17.9 Å². The van der Waals surface area contributed by atoms with Gasteiger partial charge in [0, 0.05) is 12.6 Å². The summed E-state index contributed by atoms with van der Waals surface area (Å²) in [5.74, 6) is 1.89. The highest BCUT2D eigenvalue weighted by atomic mass is 15.1. The van der Waals surface area contributed by atoms with E-state index in [9.17, 15) is 0 Å². The van der Waals surface area contributed by atoms with Crippen LogP contribution in [0.1, 0.15) is 51.9 Å². The fraction of sp³-hybridized carbons (Fsp3) is 1.00. The van der Waals surface area contributed by atoms with Gasteiger partial charge < -0.3 is 10.2 Å². The summed E-state index contributed by atoms with van der Waals surface area (Å²) in [5.41, 5.74) is 0. The molecule has 0 spiro atoms. The van der Waals surface area contributed by atoms with Gasteiger partial charge in [0.1, 0.15) is 0 Å². The van der Waals surface area contributed by atoms with E-state index in [0.29, 0.717) is 0 Å². The molecule has 2 rings (SSSR count). The molecule has 2 fully saturated rings. The van der Waals surface area contributed by atoms with Crippen molar-refractivity contribution < 1.29 is 0 Å². The van der Waals surface area contributed by atoms with Crippen molar-refractivity contribution in [3.05, 3.63) is 0 Å². The molecule has 1 aliphatic heterocycles. The largest absolute Gasteiger partial charge is 0.314 e. The fourth-order valence-electron chi connectivity index (χ4n) is 3.62. The zero-order valence-electron chi connectivity index (χ0n) is 11.8. The molecule has 2 nitrogen and oxygen atoms in total. The predicted octanol–water partition coefficient (Wildman–Crippen LogP) is 2.89.